The van der Waals surface area contributed by atoms with Crippen LogP contribution in [0.1, 0.15) is 24.0 Å². The summed E-state index contributed by atoms with van der Waals surface area (Å²) in [7, 11) is 0. The maximum Gasteiger partial charge on any atom is 0.216 e. The Labute approximate surface area is 139 Å². The molecule has 23 heavy (non-hydrogen) atoms. The summed E-state index contributed by atoms with van der Waals surface area (Å²) in [4.78, 5) is 8.52. The van der Waals surface area contributed by atoms with E-state index in [1.807, 2.05) is 30.1 Å². The van der Waals surface area contributed by atoms with Crippen molar-refractivity contribution in [3.63, 3.8) is 0 Å². The number of rotatable bonds is 5. The van der Waals surface area contributed by atoms with Crippen LogP contribution in [0.15, 0.2) is 30.7 Å². The monoisotopic (exact) mass is 328 g/mol. The summed E-state index contributed by atoms with van der Waals surface area (Å²) in [6, 6.07) is 3.96. The molecule has 0 bridgehead atoms. The van der Waals surface area contributed by atoms with E-state index in [1.54, 1.807) is 6.20 Å². The molecule has 1 fully saturated rings. The molecule has 0 N–H and O–H groups in total. The molecule has 0 aliphatic heterocycles. The maximum absolute atomic E-state index is 6.09. The average molecular weight is 329 g/mol. The summed E-state index contributed by atoms with van der Waals surface area (Å²) in [6.07, 6.45) is 7.99. The predicted octanol–water partition coefficient (Wildman–Crippen LogP) is 3.63. The first-order chi connectivity index (χ1) is 11.2. The van der Waals surface area contributed by atoms with Gasteiger partial charge in [0, 0.05) is 24.2 Å². The lowest BCUT2D eigenvalue weighted by Gasteiger charge is -2.09. The largest absolute Gasteiger partial charge is 0.477 e. The van der Waals surface area contributed by atoms with Crippen LogP contribution < -0.4 is 4.74 Å². The van der Waals surface area contributed by atoms with E-state index in [4.69, 9.17) is 16.3 Å². The molecule has 0 spiro atoms. The van der Waals surface area contributed by atoms with Crippen LogP contribution in [0.25, 0.3) is 10.9 Å². The standard InChI is InChI=1S/C17H17ClN4O/c1-11-6-13(7-20-17(11)23-10-12-2-3-12)8-22-9-14-15(21-22)4-5-19-16(14)18/h4-7,9,12H,2-3,8,10H2,1H3. The third-order valence-electron chi connectivity index (χ3n) is 4.02. The Kier molecular flexibility index (Phi) is 3.65. The summed E-state index contributed by atoms with van der Waals surface area (Å²) >= 11 is 6.09. The smallest absolute Gasteiger partial charge is 0.216 e. The van der Waals surface area contributed by atoms with Crippen molar-refractivity contribution in [1.82, 2.24) is 19.7 Å². The summed E-state index contributed by atoms with van der Waals surface area (Å²) in [5.41, 5.74) is 2.98. The van der Waals surface area contributed by atoms with Crippen LogP contribution in [0.2, 0.25) is 5.15 Å². The second-order valence-electron chi connectivity index (χ2n) is 6.08. The molecule has 118 valence electrons. The number of aryl methyl sites for hydroxylation is 1. The van der Waals surface area contributed by atoms with Crippen LogP contribution in [0, 0.1) is 12.8 Å². The second-order valence-corrected chi connectivity index (χ2v) is 6.44. The van der Waals surface area contributed by atoms with Crippen LogP contribution in [0.3, 0.4) is 0 Å². The van der Waals surface area contributed by atoms with Crippen molar-refractivity contribution in [1.29, 1.82) is 0 Å². The Hall–Kier alpha value is -2.14. The topological polar surface area (TPSA) is 52.8 Å². The molecule has 0 unspecified atom stereocenters. The lowest BCUT2D eigenvalue weighted by atomic mass is 10.2. The summed E-state index contributed by atoms with van der Waals surface area (Å²) in [5, 5.41) is 5.86. The molecule has 0 atom stereocenters. The van der Waals surface area contributed by atoms with E-state index in [2.05, 4.69) is 21.1 Å². The van der Waals surface area contributed by atoms with Gasteiger partial charge < -0.3 is 4.74 Å². The first kappa shape index (κ1) is 14.5. The van der Waals surface area contributed by atoms with Gasteiger partial charge in [-0.15, -0.1) is 0 Å². The zero-order valence-electron chi connectivity index (χ0n) is 12.9. The van der Waals surface area contributed by atoms with Crippen LogP contribution in [-0.4, -0.2) is 26.4 Å². The molecule has 1 aliphatic carbocycles. The van der Waals surface area contributed by atoms with Gasteiger partial charge in [-0.3, -0.25) is 4.68 Å². The molecular weight excluding hydrogens is 312 g/mol. The molecule has 0 radical (unpaired) electrons. The number of halogens is 1. The van der Waals surface area contributed by atoms with E-state index in [0.717, 1.165) is 40.4 Å². The minimum absolute atomic E-state index is 0.479. The molecule has 5 nitrogen and oxygen atoms in total. The molecule has 3 aromatic rings. The number of pyridine rings is 2. The van der Waals surface area contributed by atoms with Crippen molar-refractivity contribution in [3.05, 3.63) is 47.0 Å². The number of fused-ring (bicyclic) bond motifs is 1. The van der Waals surface area contributed by atoms with E-state index in [1.165, 1.54) is 12.8 Å². The Balaban J connectivity index is 1.52. The van der Waals surface area contributed by atoms with Crippen molar-refractivity contribution in [2.24, 2.45) is 5.92 Å². The SMILES string of the molecule is Cc1cc(Cn2cc3c(Cl)nccc3n2)cnc1OCC1CC1. The molecule has 0 amide bonds. The summed E-state index contributed by atoms with van der Waals surface area (Å²) in [6.45, 7) is 3.45. The fraction of sp³-hybridized carbons (Fsp3) is 0.353. The lowest BCUT2D eigenvalue weighted by Crippen LogP contribution is -2.05. The van der Waals surface area contributed by atoms with E-state index >= 15 is 0 Å². The first-order valence-corrected chi connectivity index (χ1v) is 8.13. The van der Waals surface area contributed by atoms with Crippen LogP contribution in [-0.2, 0) is 6.54 Å². The van der Waals surface area contributed by atoms with Gasteiger partial charge in [0.25, 0.3) is 0 Å². The minimum Gasteiger partial charge on any atom is -0.477 e. The van der Waals surface area contributed by atoms with Gasteiger partial charge in [0.05, 0.1) is 24.1 Å². The highest BCUT2D eigenvalue weighted by molar-refractivity contribution is 6.34. The number of hydrogen-bond donors (Lipinski definition) is 0. The van der Waals surface area contributed by atoms with Crippen molar-refractivity contribution >= 4 is 22.5 Å². The minimum atomic E-state index is 0.479. The number of hydrogen-bond acceptors (Lipinski definition) is 4. The van der Waals surface area contributed by atoms with Gasteiger partial charge in [-0.1, -0.05) is 11.6 Å². The fourth-order valence-electron chi connectivity index (χ4n) is 2.57. The molecule has 3 heterocycles. The Morgan fingerprint density at radius 2 is 2.22 bits per heavy atom. The highest BCUT2D eigenvalue weighted by Crippen LogP contribution is 2.30. The third kappa shape index (κ3) is 3.15. The quantitative estimate of drug-likeness (QED) is 0.671. The van der Waals surface area contributed by atoms with Crippen LogP contribution >= 0.6 is 11.6 Å². The van der Waals surface area contributed by atoms with Gasteiger partial charge in [0.1, 0.15) is 5.15 Å². The molecule has 6 heteroatoms. The summed E-state index contributed by atoms with van der Waals surface area (Å²) < 4.78 is 7.63. The van der Waals surface area contributed by atoms with Gasteiger partial charge in [-0.05, 0) is 43.4 Å². The zero-order valence-corrected chi connectivity index (χ0v) is 13.6. The molecule has 1 saturated carbocycles. The van der Waals surface area contributed by atoms with E-state index < -0.39 is 0 Å². The molecule has 4 rings (SSSR count). The average Bonchev–Trinajstić information content (AvgIpc) is 3.26. The molecular formula is C17H17ClN4O. The molecule has 0 aromatic carbocycles. The number of ether oxygens (including phenoxy) is 1. The third-order valence-corrected chi connectivity index (χ3v) is 4.32. The van der Waals surface area contributed by atoms with Gasteiger partial charge in [-0.25, -0.2) is 9.97 Å². The molecule has 0 saturated heterocycles. The fourth-order valence-corrected chi connectivity index (χ4v) is 2.77. The van der Waals surface area contributed by atoms with Crippen molar-refractivity contribution in [3.8, 4) is 5.88 Å². The van der Waals surface area contributed by atoms with Crippen molar-refractivity contribution in [2.75, 3.05) is 6.61 Å². The van der Waals surface area contributed by atoms with E-state index in [0.29, 0.717) is 11.7 Å². The predicted molar refractivity (Wildman–Crippen MR) is 88.8 cm³/mol. The Morgan fingerprint density at radius 3 is 2.96 bits per heavy atom. The van der Waals surface area contributed by atoms with Crippen LogP contribution in [0.4, 0.5) is 0 Å². The van der Waals surface area contributed by atoms with Gasteiger partial charge in [-0.2, -0.15) is 5.10 Å². The highest BCUT2D eigenvalue weighted by Gasteiger charge is 2.22. The van der Waals surface area contributed by atoms with Gasteiger partial charge in [0.2, 0.25) is 5.88 Å². The van der Waals surface area contributed by atoms with Crippen molar-refractivity contribution < 1.29 is 4.74 Å². The van der Waals surface area contributed by atoms with E-state index in [9.17, 15) is 0 Å². The normalized spacial score (nSPS) is 14.3. The number of aromatic nitrogens is 4. The zero-order chi connectivity index (χ0) is 15.8. The molecule has 3 aromatic heterocycles. The molecule has 1 aliphatic rings. The first-order valence-electron chi connectivity index (χ1n) is 7.75. The lowest BCUT2D eigenvalue weighted by molar-refractivity contribution is 0.286. The second kappa shape index (κ2) is 5.81. The number of nitrogens with zero attached hydrogens (tertiary/aromatic N) is 4. The van der Waals surface area contributed by atoms with Gasteiger partial charge in [0.15, 0.2) is 0 Å². The highest BCUT2D eigenvalue weighted by atomic mass is 35.5. The maximum atomic E-state index is 6.09. The Morgan fingerprint density at radius 1 is 1.35 bits per heavy atom. The van der Waals surface area contributed by atoms with Crippen LogP contribution in [0.5, 0.6) is 5.88 Å². The van der Waals surface area contributed by atoms with Crippen molar-refractivity contribution in [2.45, 2.75) is 26.3 Å². The van der Waals surface area contributed by atoms with Gasteiger partial charge >= 0.3 is 0 Å². The Bertz CT molecular complexity index is 857. The summed E-state index contributed by atoms with van der Waals surface area (Å²) in [5.74, 6) is 1.46. The van der Waals surface area contributed by atoms with E-state index in [-0.39, 0.29) is 0 Å².